The van der Waals surface area contributed by atoms with E-state index in [1.54, 1.807) is 19.3 Å². The lowest BCUT2D eigenvalue weighted by atomic mass is 9.96. The predicted molar refractivity (Wildman–Crippen MR) is 92.5 cm³/mol. The Morgan fingerprint density at radius 2 is 1.57 bits per heavy atom. The number of hydrogen-bond acceptors (Lipinski definition) is 3. The van der Waals surface area contributed by atoms with Gasteiger partial charge in [0.25, 0.3) is 0 Å². The Bertz CT molecular complexity index is 1040. The summed E-state index contributed by atoms with van der Waals surface area (Å²) in [4.78, 5) is 20.5. The van der Waals surface area contributed by atoms with E-state index in [-0.39, 0.29) is 5.78 Å². The Kier molecular flexibility index (Phi) is 3.12. The molecule has 0 saturated carbocycles. The SMILES string of the molecule is CC(=O)c1ccc(-c2cc3cccnc3c3ncccc23)cc1. The minimum atomic E-state index is 0.0748. The molecule has 0 atom stereocenters. The van der Waals surface area contributed by atoms with Crippen molar-refractivity contribution in [1.29, 1.82) is 0 Å². The van der Waals surface area contributed by atoms with Gasteiger partial charge in [-0.25, -0.2) is 0 Å². The van der Waals surface area contributed by atoms with E-state index in [1.807, 2.05) is 42.5 Å². The zero-order valence-electron chi connectivity index (χ0n) is 12.7. The van der Waals surface area contributed by atoms with Gasteiger partial charge in [0, 0.05) is 28.7 Å². The maximum absolute atomic E-state index is 11.5. The van der Waals surface area contributed by atoms with Crippen molar-refractivity contribution in [1.82, 2.24) is 9.97 Å². The number of nitrogens with zero attached hydrogens (tertiary/aromatic N) is 2. The van der Waals surface area contributed by atoms with Crippen LogP contribution in [0.5, 0.6) is 0 Å². The first-order valence-corrected chi connectivity index (χ1v) is 7.48. The lowest BCUT2D eigenvalue weighted by molar-refractivity contribution is 0.101. The van der Waals surface area contributed by atoms with Gasteiger partial charge in [0.2, 0.25) is 0 Å². The molecule has 0 aliphatic carbocycles. The van der Waals surface area contributed by atoms with Crippen LogP contribution < -0.4 is 0 Å². The topological polar surface area (TPSA) is 42.9 Å². The summed E-state index contributed by atoms with van der Waals surface area (Å²) in [6.07, 6.45) is 3.58. The van der Waals surface area contributed by atoms with E-state index >= 15 is 0 Å². The lowest BCUT2D eigenvalue weighted by Gasteiger charge is -2.10. The van der Waals surface area contributed by atoms with Crippen LogP contribution >= 0.6 is 0 Å². The Morgan fingerprint density at radius 1 is 0.870 bits per heavy atom. The third kappa shape index (κ3) is 2.27. The molecule has 2 aromatic heterocycles. The second kappa shape index (κ2) is 5.29. The van der Waals surface area contributed by atoms with Gasteiger partial charge in [-0.3, -0.25) is 14.8 Å². The largest absolute Gasteiger partial charge is 0.295 e. The zero-order valence-corrected chi connectivity index (χ0v) is 12.7. The van der Waals surface area contributed by atoms with Crippen molar-refractivity contribution in [3.8, 4) is 11.1 Å². The quantitative estimate of drug-likeness (QED) is 0.399. The highest BCUT2D eigenvalue weighted by molar-refractivity contribution is 6.10. The molecule has 0 fully saturated rings. The predicted octanol–water partition coefficient (Wildman–Crippen LogP) is 4.65. The van der Waals surface area contributed by atoms with Gasteiger partial charge in [0.1, 0.15) is 0 Å². The molecule has 4 aromatic rings. The highest BCUT2D eigenvalue weighted by atomic mass is 16.1. The average Bonchev–Trinajstić information content (AvgIpc) is 2.61. The molecule has 3 nitrogen and oxygen atoms in total. The minimum Gasteiger partial charge on any atom is -0.295 e. The summed E-state index contributed by atoms with van der Waals surface area (Å²) in [7, 11) is 0. The van der Waals surface area contributed by atoms with E-state index in [4.69, 9.17) is 0 Å². The number of carbonyl (C=O) groups excluding carboxylic acids is 1. The summed E-state index contributed by atoms with van der Waals surface area (Å²) in [5.74, 6) is 0.0748. The molecular formula is C20H14N2O. The fraction of sp³-hybridized carbons (Fsp3) is 0.0500. The lowest BCUT2D eigenvalue weighted by Crippen LogP contribution is -1.92. The van der Waals surface area contributed by atoms with Gasteiger partial charge in [-0.2, -0.15) is 0 Å². The molecule has 0 aliphatic rings. The zero-order chi connectivity index (χ0) is 15.8. The number of fused-ring (bicyclic) bond motifs is 3. The number of aromatic nitrogens is 2. The first kappa shape index (κ1) is 13.6. The van der Waals surface area contributed by atoms with E-state index in [9.17, 15) is 4.79 Å². The molecule has 2 heterocycles. The summed E-state index contributed by atoms with van der Waals surface area (Å²) < 4.78 is 0. The molecule has 0 aliphatic heterocycles. The Morgan fingerprint density at radius 3 is 2.30 bits per heavy atom. The second-order valence-corrected chi connectivity index (χ2v) is 5.53. The number of ketones is 1. The van der Waals surface area contributed by atoms with Crippen LogP contribution in [0.25, 0.3) is 32.9 Å². The summed E-state index contributed by atoms with van der Waals surface area (Å²) in [6, 6.07) is 17.8. The van der Waals surface area contributed by atoms with Crippen LogP contribution in [0.1, 0.15) is 17.3 Å². The summed E-state index contributed by atoms with van der Waals surface area (Å²) in [5, 5.41) is 2.12. The Hall–Kier alpha value is -3.07. The Labute approximate surface area is 133 Å². The van der Waals surface area contributed by atoms with Crippen LogP contribution in [0, 0.1) is 0 Å². The summed E-state index contributed by atoms with van der Waals surface area (Å²) in [5.41, 5.74) is 4.70. The smallest absolute Gasteiger partial charge is 0.159 e. The van der Waals surface area contributed by atoms with Crippen LogP contribution in [0.15, 0.2) is 67.0 Å². The van der Waals surface area contributed by atoms with Gasteiger partial charge in [0.05, 0.1) is 11.0 Å². The molecule has 4 rings (SSSR count). The van der Waals surface area contributed by atoms with E-state index in [1.165, 1.54) is 0 Å². The van der Waals surface area contributed by atoms with Crippen molar-refractivity contribution in [2.24, 2.45) is 0 Å². The molecule has 23 heavy (non-hydrogen) atoms. The van der Waals surface area contributed by atoms with Crippen LogP contribution in [-0.4, -0.2) is 15.8 Å². The van der Waals surface area contributed by atoms with Gasteiger partial charge < -0.3 is 0 Å². The van der Waals surface area contributed by atoms with Crippen molar-refractivity contribution in [3.63, 3.8) is 0 Å². The first-order valence-electron chi connectivity index (χ1n) is 7.48. The van der Waals surface area contributed by atoms with Gasteiger partial charge in [-0.05, 0) is 36.2 Å². The molecule has 0 radical (unpaired) electrons. The van der Waals surface area contributed by atoms with Crippen molar-refractivity contribution in [3.05, 3.63) is 72.6 Å². The number of carbonyl (C=O) groups is 1. The van der Waals surface area contributed by atoms with Crippen LogP contribution in [0.2, 0.25) is 0 Å². The number of pyridine rings is 2. The summed E-state index contributed by atoms with van der Waals surface area (Å²) >= 11 is 0. The van der Waals surface area contributed by atoms with Gasteiger partial charge in [-0.1, -0.05) is 36.4 Å². The molecule has 110 valence electrons. The van der Waals surface area contributed by atoms with Crippen molar-refractivity contribution in [2.45, 2.75) is 6.92 Å². The fourth-order valence-electron chi connectivity index (χ4n) is 2.90. The first-order chi connectivity index (χ1) is 11.2. The van der Waals surface area contributed by atoms with E-state index in [0.717, 1.165) is 38.5 Å². The van der Waals surface area contributed by atoms with Gasteiger partial charge in [0.15, 0.2) is 5.78 Å². The monoisotopic (exact) mass is 298 g/mol. The highest BCUT2D eigenvalue weighted by Gasteiger charge is 2.10. The minimum absolute atomic E-state index is 0.0748. The van der Waals surface area contributed by atoms with E-state index in [0.29, 0.717) is 0 Å². The molecule has 0 N–H and O–H groups in total. The molecule has 0 amide bonds. The molecule has 0 bridgehead atoms. The third-order valence-corrected chi connectivity index (χ3v) is 4.06. The van der Waals surface area contributed by atoms with E-state index < -0.39 is 0 Å². The van der Waals surface area contributed by atoms with Gasteiger partial charge >= 0.3 is 0 Å². The normalized spacial score (nSPS) is 11.0. The fourth-order valence-corrected chi connectivity index (χ4v) is 2.90. The average molecular weight is 298 g/mol. The number of rotatable bonds is 2. The van der Waals surface area contributed by atoms with Crippen molar-refractivity contribution in [2.75, 3.05) is 0 Å². The Balaban J connectivity index is 2.03. The number of benzene rings is 2. The van der Waals surface area contributed by atoms with Crippen LogP contribution in [0.4, 0.5) is 0 Å². The maximum atomic E-state index is 11.5. The van der Waals surface area contributed by atoms with Crippen molar-refractivity contribution < 1.29 is 4.79 Å². The second-order valence-electron chi connectivity index (χ2n) is 5.53. The third-order valence-electron chi connectivity index (χ3n) is 4.06. The molecular weight excluding hydrogens is 284 g/mol. The molecule has 2 aromatic carbocycles. The standard InChI is InChI=1S/C20H14N2O/c1-13(23)14-6-8-15(9-7-14)18-12-16-4-2-10-21-19(16)20-17(18)5-3-11-22-20/h2-12H,1H3. The van der Waals surface area contributed by atoms with Gasteiger partial charge in [-0.15, -0.1) is 0 Å². The molecule has 0 spiro atoms. The van der Waals surface area contributed by atoms with Crippen LogP contribution in [0.3, 0.4) is 0 Å². The summed E-state index contributed by atoms with van der Waals surface area (Å²) in [6.45, 7) is 1.58. The van der Waals surface area contributed by atoms with Crippen molar-refractivity contribution >= 4 is 27.6 Å². The molecule has 0 unspecified atom stereocenters. The maximum Gasteiger partial charge on any atom is 0.159 e. The molecule has 0 saturated heterocycles. The van der Waals surface area contributed by atoms with Crippen LogP contribution in [-0.2, 0) is 0 Å². The number of hydrogen-bond donors (Lipinski definition) is 0. The highest BCUT2D eigenvalue weighted by Crippen LogP contribution is 2.32. The van der Waals surface area contributed by atoms with E-state index in [2.05, 4.69) is 22.1 Å². The molecule has 3 heteroatoms. The number of Topliss-reactive ketones (excluding diaryl/α,β-unsaturated/α-hetero) is 1.